The highest BCUT2D eigenvalue weighted by molar-refractivity contribution is 5.84. The highest BCUT2D eigenvalue weighted by Crippen LogP contribution is 2.12. The van der Waals surface area contributed by atoms with Crippen LogP contribution in [0.5, 0.6) is 5.75 Å². The minimum atomic E-state index is -0.712. The van der Waals surface area contributed by atoms with E-state index >= 15 is 0 Å². The highest BCUT2D eigenvalue weighted by Gasteiger charge is 2.22. The van der Waals surface area contributed by atoms with Crippen molar-refractivity contribution < 1.29 is 19.4 Å². The molecular formula is C15H21NO4. The Morgan fingerprint density at radius 1 is 1.25 bits per heavy atom. The number of carbonyl (C=O) groups excluding carboxylic acids is 2. The molecule has 0 aromatic heterocycles. The lowest BCUT2D eigenvalue weighted by molar-refractivity contribution is -0.145. The molecule has 0 aliphatic heterocycles. The number of amides is 1. The third-order valence-electron chi connectivity index (χ3n) is 2.79. The zero-order chi connectivity index (χ0) is 15.1. The molecule has 0 fully saturated rings. The van der Waals surface area contributed by atoms with Crippen LogP contribution in [0.15, 0.2) is 24.3 Å². The number of hydrogen-bond acceptors (Lipinski definition) is 4. The van der Waals surface area contributed by atoms with Crippen molar-refractivity contribution in [2.45, 2.75) is 32.7 Å². The van der Waals surface area contributed by atoms with Gasteiger partial charge in [-0.05, 0) is 23.6 Å². The average Bonchev–Trinajstić information content (AvgIpc) is 2.38. The highest BCUT2D eigenvalue weighted by atomic mass is 16.5. The lowest BCUT2D eigenvalue weighted by Gasteiger charge is -2.17. The van der Waals surface area contributed by atoms with Gasteiger partial charge in [-0.3, -0.25) is 4.79 Å². The Hall–Kier alpha value is -2.04. The number of aromatic hydroxyl groups is 1. The molecule has 0 saturated heterocycles. The first-order valence-corrected chi connectivity index (χ1v) is 6.57. The number of methoxy groups -OCH3 is 1. The van der Waals surface area contributed by atoms with Crippen LogP contribution in [0.1, 0.15) is 25.8 Å². The largest absolute Gasteiger partial charge is 0.508 e. The van der Waals surface area contributed by atoms with Crippen LogP contribution in [-0.2, 0) is 20.7 Å². The van der Waals surface area contributed by atoms with Crippen molar-refractivity contribution in [1.29, 1.82) is 0 Å². The SMILES string of the molecule is COC(=O)[C@H](Cc1ccc(O)cc1)NC(=O)CC(C)C. The van der Waals surface area contributed by atoms with Gasteiger partial charge in [0.1, 0.15) is 11.8 Å². The first-order valence-electron chi connectivity index (χ1n) is 6.57. The van der Waals surface area contributed by atoms with Gasteiger partial charge in [-0.15, -0.1) is 0 Å². The van der Waals surface area contributed by atoms with Gasteiger partial charge in [0.25, 0.3) is 0 Å². The molecule has 0 saturated carbocycles. The maximum atomic E-state index is 11.8. The van der Waals surface area contributed by atoms with Gasteiger partial charge in [-0.2, -0.15) is 0 Å². The lowest BCUT2D eigenvalue weighted by Crippen LogP contribution is -2.43. The normalized spacial score (nSPS) is 12.0. The molecule has 1 rings (SSSR count). The molecule has 2 N–H and O–H groups in total. The van der Waals surface area contributed by atoms with Gasteiger partial charge in [0.05, 0.1) is 7.11 Å². The standard InChI is InChI=1S/C15H21NO4/c1-10(2)8-14(18)16-13(15(19)20-3)9-11-4-6-12(17)7-5-11/h4-7,10,13,17H,8-9H2,1-3H3,(H,16,18)/t13-/m0/s1. The number of phenolic OH excluding ortho intramolecular Hbond substituents is 1. The van der Waals surface area contributed by atoms with Crippen molar-refractivity contribution in [2.75, 3.05) is 7.11 Å². The van der Waals surface area contributed by atoms with Gasteiger partial charge >= 0.3 is 5.97 Å². The Morgan fingerprint density at radius 2 is 1.85 bits per heavy atom. The van der Waals surface area contributed by atoms with Crippen LogP contribution in [0.3, 0.4) is 0 Å². The van der Waals surface area contributed by atoms with Gasteiger partial charge in [0.15, 0.2) is 0 Å². The molecule has 0 aliphatic rings. The molecule has 0 unspecified atom stereocenters. The third-order valence-corrected chi connectivity index (χ3v) is 2.79. The Kier molecular flexibility index (Phi) is 6.03. The number of nitrogens with one attached hydrogen (secondary N) is 1. The van der Waals surface area contributed by atoms with Crippen molar-refractivity contribution in [2.24, 2.45) is 5.92 Å². The Bertz CT molecular complexity index is 453. The summed E-state index contributed by atoms with van der Waals surface area (Å²) in [7, 11) is 1.29. The summed E-state index contributed by atoms with van der Waals surface area (Å²) in [6.45, 7) is 3.87. The summed E-state index contributed by atoms with van der Waals surface area (Å²) in [5.74, 6) is -0.265. The van der Waals surface area contributed by atoms with E-state index in [4.69, 9.17) is 4.74 Å². The topological polar surface area (TPSA) is 75.6 Å². The van der Waals surface area contributed by atoms with Crippen molar-refractivity contribution in [3.8, 4) is 5.75 Å². The summed E-state index contributed by atoms with van der Waals surface area (Å²) in [5.41, 5.74) is 0.836. The van der Waals surface area contributed by atoms with E-state index in [2.05, 4.69) is 5.32 Å². The number of ether oxygens (including phenoxy) is 1. The number of hydrogen-bond donors (Lipinski definition) is 2. The quantitative estimate of drug-likeness (QED) is 0.776. The van der Waals surface area contributed by atoms with E-state index in [-0.39, 0.29) is 17.6 Å². The molecule has 0 heterocycles. The van der Waals surface area contributed by atoms with Crippen molar-refractivity contribution >= 4 is 11.9 Å². The van der Waals surface area contributed by atoms with Gasteiger partial charge in [0, 0.05) is 12.8 Å². The van der Waals surface area contributed by atoms with Crippen LogP contribution in [0.2, 0.25) is 0 Å². The minimum absolute atomic E-state index is 0.159. The lowest BCUT2D eigenvalue weighted by atomic mass is 10.0. The fraction of sp³-hybridized carbons (Fsp3) is 0.467. The summed E-state index contributed by atoms with van der Waals surface area (Å²) in [6.07, 6.45) is 0.694. The number of phenols is 1. The second-order valence-electron chi connectivity index (χ2n) is 5.11. The molecule has 5 nitrogen and oxygen atoms in total. The van der Waals surface area contributed by atoms with Crippen molar-refractivity contribution in [3.63, 3.8) is 0 Å². The molecule has 0 radical (unpaired) electrons. The fourth-order valence-electron chi connectivity index (χ4n) is 1.83. The van der Waals surface area contributed by atoms with Gasteiger partial charge in [-0.1, -0.05) is 26.0 Å². The molecule has 1 amide bonds. The zero-order valence-corrected chi connectivity index (χ0v) is 12.1. The van der Waals surface area contributed by atoms with Gasteiger partial charge in [-0.25, -0.2) is 4.79 Å². The summed E-state index contributed by atoms with van der Waals surface area (Å²) in [6, 6.07) is 5.79. The maximum absolute atomic E-state index is 11.8. The predicted octanol–water partition coefficient (Wildman–Crippen LogP) is 1.64. The fourth-order valence-corrected chi connectivity index (χ4v) is 1.83. The van der Waals surface area contributed by atoms with E-state index in [1.165, 1.54) is 7.11 Å². The zero-order valence-electron chi connectivity index (χ0n) is 12.1. The Morgan fingerprint density at radius 3 is 2.35 bits per heavy atom. The molecule has 0 aliphatic carbocycles. The van der Waals surface area contributed by atoms with Crippen LogP contribution in [0, 0.1) is 5.92 Å². The number of rotatable bonds is 6. The molecule has 110 valence electrons. The number of benzene rings is 1. The number of carbonyl (C=O) groups is 2. The smallest absolute Gasteiger partial charge is 0.328 e. The Balaban J connectivity index is 2.72. The molecule has 1 aromatic rings. The molecule has 1 atom stereocenters. The Labute approximate surface area is 118 Å². The van der Waals surface area contributed by atoms with Crippen LogP contribution < -0.4 is 5.32 Å². The third kappa shape index (κ3) is 5.30. The van der Waals surface area contributed by atoms with Crippen LogP contribution in [-0.4, -0.2) is 30.1 Å². The van der Waals surface area contributed by atoms with E-state index in [0.717, 1.165) is 5.56 Å². The summed E-state index contributed by atoms with van der Waals surface area (Å²) >= 11 is 0. The summed E-state index contributed by atoms with van der Waals surface area (Å²) < 4.78 is 4.71. The first kappa shape index (κ1) is 16.0. The van der Waals surface area contributed by atoms with E-state index in [0.29, 0.717) is 12.8 Å². The van der Waals surface area contributed by atoms with Gasteiger partial charge < -0.3 is 15.2 Å². The summed E-state index contributed by atoms with van der Waals surface area (Å²) in [4.78, 5) is 23.5. The van der Waals surface area contributed by atoms with E-state index in [9.17, 15) is 14.7 Å². The molecular weight excluding hydrogens is 258 g/mol. The number of esters is 1. The average molecular weight is 279 g/mol. The predicted molar refractivity (Wildman–Crippen MR) is 75.2 cm³/mol. The molecule has 0 bridgehead atoms. The van der Waals surface area contributed by atoms with E-state index in [1.807, 2.05) is 13.8 Å². The van der Waals surface area contributed by atoms with E-state index < -0.39 is 12.0 Å². The molecule has 1 aromatic carbocycles. The van der Waals surface area contributed by atoms with Crippen molar-refractivity contribution in [1.82, 2.24) is 5.32 Å². The van der Waals surface area contributed by atoms with Crippen LogP contribution in [0.4, 0.5) is 0 Å². The van der Waals surface area contributed by atoms with Crippen LogP contribution in [0.25, 0.3) is 0 Å². The van der Waals surface area contributed by atoms with Gasteiger partial charge in [0.2, 0.25) is 5.91 Å². The maximum Gasteiger partial charge on any atom is 0.328 e. The van der Waals surface area contributed by atoms with Crippen molar-refractivity contribution in [3.05, 3.63) is 29.8 Å². The first-order chi connectivity index (χ1) is 9.42. The minimum Gasteiger partial charge on any atom is -0.508 e. The second kappa shape index (κ2) is 7.53. The molecule has 5 heteroatoms. The van der Waals surface area contributed by atoms with E-state index in [1.54, 1.807) is 24.3 Å². The molecule has 0 spiro atoms. The monoisotopic (exact) mass is 279 g/mol. The second-order valence-corrected chi connectivity index (χ2v) is 5.11. The summed E-state index contributed by atoms with van der Waals surface area (Å²) in [5, 5.41) is 11.9. The molecule has 20 heavy (non-hydrogen) atoms. The van der Waals surface area contributed by atoms with Crippen LogP contribution >= 0.6 is 0 Å².